The van der Waals surface area contributed by atoms with Gasteiger partial charge in [0.25, 0.3) is 0 Å². The van der Waals surface area contributed by atoms with Crippen LogP contribution >= 0.6 is 0 Å². The van der Waals surface area contributed by atoms with Crippen LogP contribution in [0.4, 0.5) is 0 Å². The lowest BCUT2D eigenvalue weighted by molar-refractivity contribution is -0.144. The molecular formula is C12H23NO3. The highest BCUT2D eigenvalue weighted by Crippen LogP contribution is 2.29. The fraction of sp³-hybridized carbons (Fsp3) is 0.833. The predicted molar refractivity (Wildman–Crippen MR) is 63.1 cm³/mol. The molecule has 0 fully saturated rings. The average Bonchev–Trinajstić information content (AvgIpc) is 1.93. The highest BCUT2D eigenvalue weighted by Gasteiger charge is 2.34. The SMILES string of the molecule is CC(C)(C)NC(=O)C(CC(=O)O)C(C)(C)C. The highest BCUT2D eigenvalue weighted by atomic mass is 16.4. The minimum Gasteiger partial charge on any atom is -0.481 e. The van der Waals surface area contributed by atoms with Crippen LogP contribution in [-0.2, 0) is 9.59 Å². The Morgan fingerprint density at radius 1 is 1.12 bits per heavy atom. The first kappa shape index (κ1) is 14.9. The number of nitrogens with one attached hydrogen (secondary N) is 1. The second-order valence-corrected chi connectivity index (χ2v) is 6.26. The summed E-state index contributed by atoms with van der Waals surface area (Å²) in [6.07, 6.45) is -0.134. The maximum atomic E-state index is 12.0. The zero-order chi connectivity index (χ0) is 13.1. The lowest BCUT2D eigenvalue weighted by Gasteiger charge is -2.31. The van der Waals surface area contributed by atoms with Crippen LogP contribution in [0.5, 0.6) is 0 Å². The van der Waals surface area contributed by atoms with E-state index in [0.29, 0.717) is 0 Å². The third kappa shape index (κ3) is 5.73. The number of aliphatic carboxylic acids is 1. The standard InChI is InChI=1S/C12H23NO3/c1-11(2,3)8(7-9(14)15)10(16)13-12(4,5)6/h8H,7H2,1-6H3,(H,13,16)(H,14,15). The van der Waals surface area contributed by atoms with E-state index < -0.39 is 11.9 Å². The Kier molecular flexibility index (Phi) is 4.53. The fourth-order valence-electron chi connectivity index (χ4n) is 1.42. The molecule has 1 unspecified atom stereocenters. The predicted octanol–water partition coefficient (Wildman–Crippen LogP) is 2.04. The second kappa shape index (κ2) is 4.85. The van der Waals surface area contributed by atoms with Gasteiger partial charge in [0, 0.05) is 5.54 Å². The molecule has 0 saturated carbocycles. The first-order valence-electron chi connectivity index (χ1n) is 5.47. The quantitative estimate of drug-likeness (QED) is 0.778. The number of carbonyl (C=O) groups is 2. The summed E-state index contributed by atoms with van der Waals surface area (Å²) in [4.78, 5) is 22.7. The molecule has 1 atom stereocenters. The van der Waals surface area contributed by atoms with E-state index in [1.54, 1.807) is 0 Å². The van der Waals surface area contributed by atoms with Crippen LogP contribution in [0.15, 0.2) is 0 Å². The van der Waals surface area contributed by atoms with Crippen LogP contribution < -0.4 is 5.32 Å². The van der Waals surface area contributed by atoms with Crippen molar-refractivity contribution in [2.45, 2.75) is 53.5 Å². The Balaban J connectivity index is 4.78. The maximum Gasteiger partial charge on any atom is 0.304 e. The first-order chi connectivity index (χ1) is 6.93. The molecular weight excluding hydrogens is 206 g/mol. The van der Waals surface area contributed by atoms with Crippen molar-refractivity contribution in [3.63, 3.8) is 0 Å². The van der Waals surface area contributed by atoms with Gasteiger partial charge in [-0.25, -0.2) is 0 Å². The Morgan fingerprint density at radius 3 is 1.81 bits per heavy atom. The lowest BCUT2D eigenvalue weighted by atomic mass is 9.78. The molecule has 0 bridgehead atoms. The molecule has 0 saturated heterocycles. The number of carboxylic acid groups (broad SMARTS) is 1. The minimum absolute atomic E-state index is 0.134. The highest BCUT2D eigenvalue weighted by molar-refractivity contribution is 5.84. The van der Waals surface area contributed by atoms with Gasteiger partial charge in [0.1, 0.15) is 0 Å². The van der Waals surface area contributed by atoms with Crippen molar-refractivity contribution in [3.05, 3.63) is 0 Å². The molecule has 1 amide bonds. The summed E-state index contributed by atoms with van der Waals surface area (Å²) in [5, 5.41) is 11.6. The molecule has 94 valence electrons. The summed E-state index contributed by atoms with van der Waals surface area (Å²) in [7, 11) is 0. The van der Waals surface area contributed by atoms with Gasteiger partial charge in [0.05, 0.1) is 12.3 Å². The third-order valence-corrected chi connectivity index (χ3v) is 2.24. The van der Waals surface area contributed by atoms with Gasteiger partial charge in [0.15, 0.2) is 0 Å². The molecule has 0 aromatic carbocycles. The van der Waals surface area contributed by atoms with E-state index in [0.717, 1.165) is 0 Å². The van der Waals surface area contributed by atoms with Crippen LogP contribution in [0.1, 0.15) is 48.0 Å². The van der Waals surface area contributed by atoms with E-state index >= 15 is 0 Å². The second-order valence-electron chi connectivity index (χ2n) is 6.26. The Bertz CT molecular complexity index is 271. The largest absolute Gasteiger partial charge is 0.481 e. The monoisotopic (exact) mass is 229 g/mol. The molecule has 0 spiro atoms. The molecule has 4 heteroatoms. The van der Waals surface area contributed by atoms with Crippen molar-refractivity contribution in [2.75, 3.05) is 0 Å². The number of carboxylic acids is 1. The van der Waals surface area contributed by atoms with Crippen LogP contribution in [0.2, 0.25) is 0 Å². The zero-order valence-electron chi connectivity index (χ0n) is 11.0. The summed E-state index contributed by atoms with van der Waals surface area (Å²) in [6, 6.07) is 0. The topological polar surface area (TPSA) is 66.4 Å². The van der Waals surface area contributed by atoms with E-state index in [4.69, 9.17) is 5.11 Å². The van der Waals surface area contributed by atoms with Crippen molar-refractivity contribution in [1.82, 2.24) is 5.32 Å². The Morgan fingerprint density at radius 2 is 1.56 bits per heavy atom. The summed E-state index contributed by atoms with van der Waals surface area (Å²) in [6.45, 7) is 11.3. The molecule has 0 radical (unpaired) electrons. The number of hydrogen-bond acceptors (Lipinski definition) is 2. The molecule has 4 nitrogen and oxygen atoms in total. The molecule has 0 aliphatic carbocycles. The fourth-order valence-corrected chi connectivity index (χ4v) is 1.42. The third-order valence-electron chi connectivity index (χ3n) is 2.24. The van der Waals surface area contributed by atoms with E-state index in [1.807, 2.05) is 41.5 Å². The summed E-state index contributed by atoms with van der Waals surface area (Å²) in [5.41, 5.74) is -0.688. The van der Waals surface area contributed by atoms with E-state index in [2.05, 4.69) is 5.32 Å². The minimum atomic E-state index is -0.941. The van der Waals surface area contributed by atoms with Gasteiger partial charge in [-0.1, -0.05) is 20.8 Å². The van der Waals surface area contributed by atoms with Crippen molar-refractivity contribution in [2.24, 2.45) is 11.3 Å². The average molecular weight is 229 g/mol. The maximum absolute atomic E-state index is 12.0. The van der Waals surface area contributed by atoms with Crippen molar-refractivity contribution >= 4 is 11.9 Å². The Labute approximate surface area is 97.4 Å². The molecule has 0 aromatic rings. The molecule has 0 heterocycles. The van der Waals surface area contributed by atoms with Crippen molar-refractivity contribution in [1.29, 1.82) is 0 Å². The van der Waals surface area contributed by atoms with Gasteiger partial charge in [-0.15, -0.1) is 0 Å². The number of amides is 1. The molecule has 0 rings (SSSR count). The number of rotatable bonds is 3. The van der Waals surface area contributed by atoms with Gasteiger partial charge in [-0.3, -0.25) is 9.59 Å². The van der Waals surface area contributed by atoms with Gasteiger partial charge in [0.2, 0.25) is 5.91 Å². The van der Waals surface area contributed by atoms with Crippen LogP contribution in [0.25, 0.3) is 0 Å². The van der Waals surface area contributed by atoms with Gasteiger partial charge in [-0.05, 0) is 26.2 Å². The first-order valence-corrected chi connectivity index (χ1v) is 5.47. The van der Waals surface area contributed by atoms with Crippen LogP contribution in [0.3, 0.4) is 0 Å². The summed E-state index contributed by atoms with van der Waals surface area (Å²) >= 11 is 0. The normalized spacial score (nSPS) is 14.4. The molecule has 0 aliphatic rings. The number of carbonyl (C=O) groups excluding carboxylic acids is 1. The summed E-state index contributed by atoms with van der Waals surface area (Å²) in [5.74, 6) is -1.64. The molecule has 16 heavy (non-hydrogen) atoms. The molecule has 0 aromatic heterocycles. The zero-order valence-corrected chi connectivity index (χ0v) is 11.0. The summed E-state index contributed by atoms with van der Waals surface area (Å²) < 4.78 is 0. The van der Waals surface area contributed by atoms with Crippen molar-refractivity contribution in [3.8, 4) is 0 Å². The smallest absolute Gasteiger partial charge is 0.304 e. The number of hydrogen-bond donors (Lipinski definition) is 2. The van der Waals surface area contributed by atoms with E-state index in [1.165, 1.54) is 0 Å². The van der Waals surface area contributed by atoms with Gasteiger partial charge < -0.3 is 10.4 Å². The molecule has 2 N–H and O–H groups in total. The van der Waals surface area contributed by atoms with E-state index in [-0.39, 0.29) is 23.3 Å². The molecule has 0 aliphatic heterocycles. The van der Waals surface area contributed by atoms with Crippen LogP contribution in [0, 0.1) is 11.3 Å². The van der Waals surface area contributed by atoms with E-state index in [9.17, 15) is 9.59 Å². The van der Waals surface area contributed by atoms with Gasteiger partial charge >= 0.3 is 5.97 Å². The van der Waals surface area contributed by atoms with Gasteiger partial charge in [-0.2, -0.15) is 0 Å². The van der Waals surface area contributed by atoms with Crippen LogP contribution in [-0.4, -0.2) is 22.5 Å². The lowest BCUT2D eigenvalue weighted by Crippen LogP contribution is -2.47. The van der Waals surface area contributed by atoms with Crippen molar-refractivity contribution < 1.29 is 14.7 Å². The Hall–Kier alpha value is -1.06.